The molecule has 1 rings (SSSR count). The third kappa shape index (κ3) is 7.24. The molecule has 24 heavy (non-hydrogen) atoms. The standard InChI is InChI=1S/C9H18O12S3/c1-22(12,13)18-4-5-6(10)7(20-23(2,14)15)8(9(11)19-5)21-24(3,16)17/h5-11H,4H2,1-3H3/t5-,6-,7+,8+,9+/m1/s1. The fourth-order valence-corrected chi connectivity index (χ4v) is 3.47. The molecule has 1 aliphatic heterocycles. The lowest BCUT2D eigenvalue weighted by atomic mass is 9.99. The SMILES string of the molecule is CS(=O)(=O)OC[C@H]1O[C@H](O)[C@@H](OS(C)(=O)=O)[C@@H](OS(C)(=O)=O)[C@@H]1O. The van der Waals surface area contributed by atoms with Crippen LogP contribution in [-0.2, 0) is 47.6 Å². The van der Waals surface area contributed by atoms with Crippen molar-refractivity contribution < 1.29 is 52.8 Å². The molecule has 15 heteroatoms. The molecule has 0 aromatic heterocycles. The Bertz CT molecular complexity index is 739. The first-order chi connectivity index (χ1) is 10.6. The first-order valence-electron chi connectivity index (χ1n) is 6.21. The number of rotatable bonds is 7. The third-order valence-electron chi connectivity index (χ3n) is 2.65. The summed E-state index contributed by atoms with van der Waals surface area (Å²) in [5.74, 6) is 0. The molecule has 0 aromatic carbocycles. The molecule has 1 saturated heterocycles. The van der Waals surface area contributed by atoms with Gasteiger partial charge in [0.2, 0.25) is 0 Å². The van der Waals surface area contributed by atoms with Crippen LogP contribution in [0.15, 0.2) is 0 Å². The Morgan fingerprint density at radius 2 is 1.29 bits per heavy atom. The molecule has 2 N–H and O–H groups in total. The lowest BCUT2D eigenvalue weighted by Gasteiger charge is -2.40. The molecule has 144 valence electrons. The Morgan fingerprint density at radius 1 is 0.833 bits per heavy atom. The van der Waals surface area contributed by atoms with Crippen LogP contribution in [0.1, 0.15) is 0 Å². The molecule has 1 aliphatic rings. The van der Waals surface area contributed by atoms with E-state index in [9.17, 15) is 35.5 Å². The highest BCUT2D eigenvalue weighted by Gasteiger charge is 2.49. The molecule has 0 aliphatic carbocycles. The van der Waals surface area contributed by atoms with Gasteiger partial charge in [0.1, 0.15) is 18.3 Å². The predicted molar refractivity (Wildman–Crippen MR) is 77.1 cm³/mol. The normalized spacial score (nSPS) is 32.6. The molecule has 0 aromatic rings. The molecule has 12 nitrogen and oxygen atoms in total. The molecule has 5 atom stereocenters. The Morgan fingerprint density at radius 3 is 1.71 bits per heavy atom. The highest BCUT2D eigenvalue weighted by atomic mass is 32.2. The lowest BCUT2D eigenvalue weighted by molar-refractivity contribution is -0.273. The molecule has 0 saturated carbocycles. The van der Waals surface area contributed by atoms with E-state index < -0.39 is 67.7 Å². The fourth-order valence-electron chi connectivity index (χ4n) is 1.85. The summed E-state index contributed by atoms with van der Waals surface area (Å²) in [6.07, 6.45) is -7.26. The van der Waals surface area contributed by atoms with Crippen LogP contribution in [0, 0.1) is 0 Å². The van der Waals surface area contributed by atoms with Crippen molar-refractivity contribution in [2.75, 3.05) is 25.4 Å². The average Bonchev–Trinajstić information content (AvgIpc) is 2.32. The molecule has 1 fully saturated rings. The van der Waals surface area contributed by atoms with Gasteiger partial charge in [0, 0.05) is 0 Å². The predicted octanol–water partition coefficient (Wildman–Crippen LogP) is -3.27. The van der Waals surface area contributed by atoms with Gasteiger partial charge in [-0.25, -0.2) is 0 Å². The van der Waals surface area contributed by atoms with Gasteiger partial charge in [0.15, 0.2) is 12.4 Å². The Hall–Kier alpha value is -0.390. The van der Waals surface area contributed by atoms with E-state index in [4.69, 9.17) is 4.74 Å². The quantitative estimate of drug-likeness (QED) is 0.397. The summed E-state index contributed by atoms with van der Waals surface area (Å²) >= 11 is 0. The van der Waals surface area contributed by atoms with E-state index in [1.165, 1.54) is 0 Å². The van der Waals surface area contributed by atoms with E-state index in [1.807, 2.05) is 0 Å². The van der Waals surface area contributed by atoms with Gasteiger partial charge in [0.25, 0.3) is 30.4 Å². The van der Waals surface area contributed by atoms with Crippen LogP contribution in [0.5, 0.6) is 0 Å². The Balaban J connectivity index is 3.08. The minimum atomic E-state index is -4.20. The number of hydrogen-bond donors (Lipinski definition) is 2. The smallest absolute Gasteiger partial charge is 0.264 e. The van der Waals surface area contributed by atoms with Crippen molar-refractivity contribution in [3.63, 3.8) is 0 Å². The summed E-state index contributed by atoms with van der Waals surface area (Å²) in [5, 5.41) is 19.9. The summed E-state index contributed by atoms with van der Waals surface area (Å²) in [5.41, 5.74) is 0. The van der Waals surface area contributed by atoms with Gasteiger partial charge in [-0.15, -0.1) is 0 Å². The van der Waals surface area contributed by atoms with Gasteiger partial charge in [-0.05, 0) is 0 Å². The zero-order valence-electron chi connectivity index (χ0n) is 12.8. The van der Waals surface area contributed by atoms with Gasteiger partial charge < -0.3 is 14.9 Å². The lowest BCUT2D eigenvalue weighted by Crippen LogP contribution is -2.61. The minimum Gasteiger partial charge on any atom is -0.387 e. The summed E-state index contributed by atoms with van der Waals surface area (Å²) < 4.78 is 85.3. The highest BCUT2D eigenvalue weighted by molar-refractivity contribution is 7.86. The first-order valence-corrected chi connectivity index (χ1v) is 11.7. The number of hydrogen-bond acceptors (Lipinski definition) is 12. The van der Waals surface area contributed by atoms with E-state index in [1.54, 1.807) is 0 Å². The maximum Gasteiger partial charge on any atom is 0.264 e. The topological polar surface area (TPSA) is 180 Å². The van der Waals surface area contributed by atoms with Gasteiger partial charge in [-0.2, -0.15) is 25.3 Å². The van der Waals surface area contributed by atoms with Crippen LogP contribution in [0.25, 0.3) is 0 Å². The van der Waals surface area contributed by atoms with E-state index in [-0.39, 0.29) is 0 Å². The molecular weight excluding hydrogens is 396 g/mol. The van der Waals surface area contributed by atoms with Crippen molar-refractivity contribution in [2.45, 2.75) is 30.7 Å². The van der Waals surface area contributed by atoms with E-state index in [0.29, 0.717) is 12.5 Å². The second-order valence-corrected chi connectivity index (χ2v) is 9.92. The summed E-state index contributed by atoms with van der Waals surface area (Å²) in [6.45, 7) is -0.772. The molecule has 0 radical (unpaired) electrons. The Kier molecular flexibility index (Phi) is 6.73. The van der Waals surface area contributed by atoms with Crippen molar-refractivity contribution in [1.82, 2.24) is 0 Å². The third-order valence-corrected chi connectivity index (χ3v) is 4.36. The van der Waals surface area contributed by atoms with E-state index in [2.05, 4.69) is 12.5 Å². The summed E-state index contributed by atoms with van der Waals surface area (Å²) in [7, 11) is -12.3. The van der Waals surface area contributed by atoms with Crippen LogP contribution in [0.2, 0.25) is 0 Å². The van der Waals surface area contributed by atoms with Crippen LogP contribution >= 0.6 is 0 Å². The first kappa shape index (κ1) is 21.7. The molecule has 0 spiro atoms. The summed E-state index contributed by atoms with van der Waals surface area (Å²) in [6, 6.07) is 0. The molecule has 0 amide bonds. The van der Waals surface area contributed by atoms with Crippen molar-refractivity contribution >= 4 is 30.4 Å². The highest BCUT2D eigenvalue weighted by Crippen LogP contribution is 2.27. The molecule has 1 heterocycles. The summed E-state index contributed by atoms with van der Waals surface area (Å²) in [4.78, 5) is 0. The monoisotopic (exact) mass is 414 g/mol. The Labute approximate surface area is 139 Å². The second-order valence-electron chi connectivity index (χ2n) is 5.07. The van der Waals surface area contributed by atoms with Crippen LogP contribution in [0.4, 0.5) is 0 Å². The number of aliphatic hydroxyl groups is 2. The van der Waals surface area contributed by atoms with E-state index in [0.717, 1.165) is 6.26 Å². The minimum absolute atomic E-state index is 0.626. The maximum atomic E-state index is 11.3. The van der Waals surface area contributed by atoms with Crippen molar-refractivity contribution in [3.05, 3.63) is 0 Å². The van der Waals surface area contributed by atoms with Crippen LogP contribution in [-0.4, -0.2) is 91.5 Å². The number of aliphatic hydroxyl groups excluding tert-OH is 2. The van der Waals surface area contributed by atoms with Crippen molar-refractivity contribution in [2.24, 2.45) is 0 Å². The van der Waals surface area contributed by atoms with Crippen molar-refractivity contribution in [3.8, 4) is 0 Å². The fraction of sp³-hybridized carbons (Fsp3) is 1.00. The second kappa shape index (κ2) is 7.46. The molecular formula is C9H18O12S3. The van der Waals surface area contributed by atoms with Gasteiger partial charge in [-0.3, -0.25) is 12.5 Å². The zero-order valence-corrected chi connectivity index (χ0v) is 15.2. The largest absolute Gasteiger partial charge is 0.387 e. The zero-order chi connectivity index (χ0) is 18.9. The van der Waals surface area contributed by atoms with Gasteiger partial charge in [-0.1, -0.05) is 0 Å². The van der Waals surface area contributed by atoms with Crippen molar-refractivity contribution in [1.29, 1.82) is 0 Å². The van der Waals surface area contributed by atoms with Gasteiger partial charge in [0.05, 0.1) is 25.4 Å². The number of ether oxygens (including phenoxy) is 1. The maximum absolute atomic E-state index is 11.3. The van der Waals surface area contributed by atoms with Gasteiger partial charge >= 0.3 is 0 Å². The molecule has 0 bridgehead atoms. The average molecular weight is 414 g/mol. The van der Waals surface area contributed by atoms with E-state index >= 15 is 0 Å². The van der Waals surface area contributed by atoms with Crippen LogP contribution < -0.4 is 0 Å². The molecule has 0 unspecified atom stereocenters. The van der Waals surface area contributed by atoms with Crippen LogP contribution in [0.3, 0.4) is 0 Å².